The van der Waals surface area contributed by atoms with Crippen LogP contribution in [0.25, 0.3) is 0 Å². The molecule has 20 heavy (non-hydrogen) atoms. The molecule has 0 saturated carbocycles. The summed E-state index contributed by atoms with van der Waals surface area (Å²) in [6.07, 6.45) is 8.98. The van der Waals surface area contributed by atoms with Gasteiger partial charge in [0.05, 0.1) is 5.69 Å². The molecule has 2 atom stereocenters. The summed E-state index contributed by atoms with van der Waals surface area (Å²) in [6, 6.07) is 1.23. The number of aryl methyl sites for hydroxylation is 1. The van der Waals surface area contributed by atoms with Crippen LogP contribution < -0.4 is 10.2 Å². The lowest BCUT2D eigenvalue weighted by Crippen LogP contribution is -2.37. The predicted octanol–water partition coefficient (Wildman–Crippen LogP) is 3.90. The van der Waals surface area contributed by atoms with Crippen molar-refractivity contribution >= 4 is 16.5 Å². The van der Waals surface area contributed by atoms with E-state index in [2.05, 4.69) is 24.1 Å². The van der Waals surface area contributed by atoms with Crippen LogP contribution >= 0.6 is 11.3 Å². The minimum Gasteiger partial charge on any atom is -0.345 e. The first-order valence-electron chi connectivity index (χ1n) is 8.29. The Morgan fingerprint density at radius 1 is 1.30 bits per heavy atom. The predicted molar refractivity (Wildman–Crippen MR) is 86.7 cm³/mol. The molecule has 0 spiro atoms. The molecule has 1 aromatic heterocycles. The van der Waals surface area contributed by atoms with Crippen molar-refractivity contribution < 1.29 is 0 Å². The van der Waals surface area contributed by atoms with Gasteiger partial charge in [-0.3, -0.25) is 0 Å². The number of fused-ring (bicyclic) bond motifs is 1. The van der Waals surface area contributed by atoms with Crippen LogP contribution in [0.5, 0.6) is 0 Å². The highest BCUT2D eigenvalue weighted by Crippen LogP contribution is 2.39. The normalized spacial score (nSPS) is 26.6. The van der Waals surface area contributed by atoms with Crippen LogP contribution in [-0.2, 0) is 6.42 Å². The van der Waals surface area contributed by atoms with Gasteiger partial charge in [-0.25, -0.2) is 4.98 Å². The third kappa shape index (κ3) is 2.86. The summed E-state index contributed by atoms with van der Waals surface area (Å²) >= 11 is 1.96. The minimum absolute atomic E-state index is 0.560. The second-order valence-corrected chi connectivity index (χ2v) is 7.25. The molecule has 1 N–H and O–H groups in total. The molecule has 1 aliphatic carbocycles. The standard InChI is InChI=1S/C16H27N3S/c1-3-10-17-13-8-6-9-14-15(13)20-16(18-14)19-11-5-4-7-12(19)2/h12-13,17H,3-11H2,1-2H3. The van der Waals surface area contributed by atoms with E-state index in [1.54, 1.807) is 0 Å². The number of nitrogens with one attached hydrogen (secondary N) is 1. The maximum atomic E-state index is 4.99. The molecule has 0 radical (unpaired) electrons. The zero-order chi connectivity index (χ0) is 13.9. The lowest BCUT2D eigenvalue weighted by Gasteiger charge is -2.33. The van der Waals surface area contributed by atoms with Gasteiger partial charge in [-0.1, -0.05) is 18.3 Å². The molecule has 3 rings (SSSR count). The third-order valence-corrected chi connectivity index (χ3v) is 5.88. The van der Waals surface area contributed by atoms with Gasteiger partial charge in [0.15, 0.2) is 5.13 Å². The fraction of sp³-hybridized carbons (Fsp3) is 0.812. The van der Waals surface area contributed by atoms with E-state index in [0.717, 1.165) is 6.54 Å². The van der Waals surface area contributed by atoms with E-state index < -0.39 is 0 Å². The molecule has 1 aromatic rings. The van der Waals surface area contributed by atoms with Crippen LogP contribution in [0.1, 0.15) is 69.0 Å². The zero-order valence-corrected chi connectivity index (χ0v) is 13.6. The molecule has 3 nitrogen and oxygen atoms in total. The summed E-state index contributed by atoms with van der Waals surface area (Å²) in [5, 5.41) is 4.99. The average Bonchev–Trinajstić information content (AvgIpc) is 2.89. The van der Waals surface area contributed by atoms with Crippen molar-refractivity contribution in [1.29, 1.82) is 0 Å². The van der Waals surface area contributed by atoms with Gasteiger partial charge in [0, 0.05) is 23.5 Å². The van der Waals surface area contributed by atoms with Crippen molar-refractivity contribution in [3.8, 4) is 0 Å². The second-order valence-electron chi connectivity index (χ2n) is 6.24. The number of piperidine rings is 1. The molecule has 0 bridgehead atoms. The van der Waals surface area contributed by atoms with Crippen LogP contribution in [-0.4, -0.2) is 24.1 Å². The van der Waals surface area contributed by atoms with Crippen LogP contribution in [0, 0.1) is 0 Å². The Balaban J connectivity index is 1.79. The molecule has 1 fully saturated rings. The zero-order valence-electron chi connectivity index (χ0n) is 12.8. The number of hydrogen-bond acceptors (Lipinski definition) is 4. The van der Waals surface area contributed by atoms with Gasteiger partial charge in [-0.05, 0) is 58.4 Å². The summed E-state index contributed by atoms with van der Waals surface area (Å²) in [7, 11) is 0. The molecule has 1 saturated heterocycles. The third-order valence-electron chi connectivity index (χ3n) is 4.63. The summed E-state index contributed by atoms with van der Waals surface area (Å²) < 4.78 is 0. The minimum atomic E-state index is 0.560. The number of thiazole rings is 1. The highest BCUT2D eigenvalue weighted by Gasteiger charge is 2.28. The Morgan fingerprint density at radius 2 is 2.20 bits per heavy atom. The van der Waals surface area contributed by atoms with Crippen molar-refractivity contribution in [2.45, 2.75) is 70.9 Å². The van der Waals surface area contributed by atoms with Crippen LogP contribution in [0.3, 0.4) is 0 Å². The van der Waals surface area contributed by atoms with E-state index in [-0.39, 0.29) is 0 Å². The van der Waals surface area contributed by atoms with Gasteiger partial charge in [-0.15, -0.1) is 0 Å². The summed E-state index contributed by atoms with van der Waals surface area (Å²) in [5.41, 5.74) is 1.38. The van der Waals surface area contributed by atoms with Crippen LogP contribution in [0.2, 0.25) is 0 Å². The number of nitrogens with zero attached hydrogens (tertiary/aromatic N) is 2. The quantitative estimate of drug-likeness (QED) is 0.912. The molecule has 2 unspecified atom stereocenters. The first-order valence-corrected chi connectivity index (χ1v) is 9.11. The van der Waals surface area contributed by atoms with E-state index in [1.807, 2.05) is 11.3 Å². The highest BCUT2D eigenvalue weighted by molar-refractivity contribution is 7.15. The lowest BCUT2D eigenvalue weighted by atomic mass is 9.98. The lowest BCUT2D eigenvalue weighted by molar-refractivity contribution is 0.464. The molecule has 0 aromatic carbocycles. The average molecular weight is 293 g/mol. The Bertz CT molecular complexity index is 443. The molecule has 0 amide bonds. The fourth-order valence-electron chi connectivity index (χ4n) is 3.43. The van der Waals surface area contributed by atoms with Crippen LogP contribution in [0.15, 0.2) is 0 Å². The van der Waals surface area contributed by atoms with Gasteiger partial charge in [0.25, 0.3) is 0 Å². The molecule has 112 valence electrons. The van der Waals surface area contributed by atoms with Gasteiger partial charge in [0.1, 0.15) is 0 Å². The molecule has 1 aliphatic heterocycles. The van der Waals surface area contributed by atoms with E-state index in [0.29, 0.717) is 12.1 Å². The van der Waals surface area contributed by atoms with E-state index in [4.69, 9.17) is 4.98 Å². The van der Waals surface area contributed by atoms with E-state index in [9.17, 15) is 0 Å². The maximum Gasteiger partial charge on any atom is 0.186 e. The molecule has 2 heterocycles. The molecule has 4 heteroatoms. The Hall–Kier alpha value is -0.610. The highest BCUT2D eigenvalue weighted by atomic mass is 32.1. The van der Waals surface area contributed by atoms with Gasteiger partial charge in [-0.2, -0.15) is 0 Å². The van der Waals surface area contributed by atoms with E-state index >= 15 is 0 Å². The smallest absolute Gasteiger partial charge is 0.186 e. The second kappa shape index (κ2) is 6.44. The van der Waals surface area contributed by atoms with Crippen molar-refractivity contribution in [1.82, 2.24) is 10.3 Å². The molecular weight excluding hydrogens is 266 g/mol. The Kier molecular flexibility index (Phi) is 4.61. The summed E-state index contributed by atoms with van der Waals surface area (Å²) in [4.78, 5) is 9.06. The Morgan fingerprint density at radius 3 is 3.00 bits per heavy atom. The van der Waals surface area contributed by atoms with Crippen molar-refractivity contribution in [2.75, 3.05) is 18.0 Å². The number of rotatable bonds is 4. The summed E-state index contributed by atoms with van der Waals surface area (Å²) in [5.74, 6) is 0. The SMILES string of the molecule is CCCNC1CCCc2nc(N3CCCCC3C)sc21. The maximum absolute atomic E-state index is 4.99. The van der Waals surface area contributed by atoms with Gasteiger partial charge in [0.2, 0.25) is 0 Å². The summed E-state index contributed by atoms with van der Waals surface area (Å²) in [6.45, 7) is 6.91. The van der Waals surface area contributed by atoms with Gasteiger partial charge < -0.3 is 10.2 Å². The van der Waals surface area contributed by atoms with Crippen molar-refractivity contribution in [3.63, 3.8) is 0 Å². The van der Waals surface area contributed by atoms with Crippen molar-refractivity contribution in [3.05, 3.63) is 10.6 Å². The topological polar surface area (TPSA) is 28.2 Å². The first-order chi connectivity index (χ1) is 9.79. The molecule has 2 aliphatic rings. The largest absolute Gasteiger partial charge is 0.345 e. The first kappa shape index (κ1) is 14.3. The van der Waals surface area contributed by atoms with Crippen molar-refractivity contribution in [2.24, 2.45) is 0 Å². The monoisotopic (exact) mass is 293 g/mol. The number of anilines is 1. The van der Waals surface area contributed by atoms with Crippen LogP contribution in [0.4, 0.5) is 5.13 Å². The fourth-order valence-corrected chi connectivity index (χ4v) is 4.78. The van der Waals surface area contributed by atoms with E-state index in [1.165, 1.54) is 67.2 Å². The molecular formula is C16H27N3S. The van der Waals surface area contributed by atoms with Gasteiger partial charge >= 0.3 is 0 Å². The number of hydrogen-bond donors (Lipinski definition) is 1. The number of aromatic nitrogens is 1. The Labute approximate surface area is 126 Å².